The summed E-state index contributed by atoms with van der Waals surface area (Å²) in [5.74, 6) is -0.828. The first kappa shape index (κ1) is 15.1. The van der Waals surface area contributed by atoms with Gasteiger partial charge in [-0.1, -0.05) is 13.8 Å². The molecule has 23 heavy (non-hydrogen) atoms. The molecule has 0 bridgehead atoms. The normalized spacial score (nSPS) is 13.3. The van der Waals surface area contributed by atoms with E-state index in [9.17, 15) is 19.5 Å². The molecule has 1 atom stereocenters. The quantitative estimate of drug-likeness (QED) is 0.719. The first-order valence-corrected chi connectivity index (χ1v) is 7.15. The Morgan fingerprint density at radius 2 is 2.00 bits per heavy atom. The van der Waals surface area contributed by atoms with Crippen LogP contribution in [0.1, 0.15) is 25.6 Å². The molecule has 0 saturated heterocycles. The predicted molar refractivity (Wildman–Crippen MR) is 82.8 cm³/mol. The second kappa shape index (κ2) is 4.83. The fraction of sp³-hybridized carbons (Fsp3) is 0.429. The second-order valence-electron chi connectivity index (χ2n) is 5.94. The SMILES string of the molecule is Cc1cn2c3c(=O)[nH]c(=O)n(C)c3nc2n1C(C(=O)O)C(C)C. The minimum atomic E-state index is -0.976. The van der Waals surface area contributed by atoms with Gasteiger partial charge in [0.2, 0.25) is 5.78 Å². The number of nitrogens with one attached hydrogen (secondary N) is 1. The Hall–Kier alpha value is -2.84. The van der Waals surface area contributed by atoms with Crippen LogP contribution in [0.15, 0.2) is 15.8 Å². The zero-order chi connectivity index (χ0) is 17.0. The van der Waals surface area contributed by atoms with Crippen LogP contribution in [0.2, 0.25) is 0 Å². The van der Waals surface area contributed by atoms with E-state index in [0.29, 0.717) is 11.5 Å². The van der Waals surface area contributed by atoms with E-state index >= 15 is 0 Å². The van der Waals surface area contributed by atoms with Crippen molar-refractivity contribution < 1.29 is 9.90 Å². The van der Waals surface area contributed by atoms with E-state index in [2.05, 4.69) is 9.97 Å². The molecule has 0 aliphatic carbocycles. The molecular formula is C14H17N5O4. The Labute approximate surface area is 129 Å². The van der Waals surface area contributed by atoms with Crippen molar-refractivity contribution in [2.75, 3.05) is 0 Å². The Morgan fingerprint density at radius 1 is 1.35 bits per heavy atom. The number of carbonyl (C=O) groups is 1. The summed E-state index contributed by atoms with van der Waals surface area (Å²) < 4.78 is 4.34. The maximum Gasteiger partial charge on any atom is 0.329 e. The van der Waals surface area contributed by atoms with Crippen molar-refractivity contribution in [3.63, 3.8) is 0 Å². The number of rotatable bonds is 3. The number of H-pyrrole nitrogens is 1. The van der Waals surface area contributed by atoms with Crippen LogP contribution in [0.4, 0.5) is 0 Å². The van der Waals surface area contributed by atoms with Crippen LogP contribution in [0.5, 0.6) is 0 Å². The average molecular weight is 319 g/mol. The third-order valence-electron chi connectivity index (χ3n) is 4.01. The monoisotopic (exact) mass is 319 g/mol. The largest absolute Gasteiger partial charge is 0.480 e. The summed E-state index contributed by atoms with van der Waals surface area (Å²) in [4.78, 5) is 42.1. The topological polar surface area (TPSA) is 114 Å². The van der Waals surface area contributed by atoms with E-state index in [4.69, 9.17) is 0 Å². The minimum absolute atomic E-state index is 0.177. The van der Waals surface area contributed by atoms with Crippen LogP contribution in [-0.4, -0.2) is 34.6 Å². The zero-order valence-corrected chi connectivity index (χ0v) is 13.2. The third-order valence-corrected chi connectivity index (χ3v) is 4.01. The van der Waals surface area contributed by atoms with Gasteiger partial charge in [0, 0.05) is 18.9 Å². The molecule has 3 rings (SSSR count). The molecule has 0 amide bonds. The third kappa shape index (κ3) is 2.00. The maximum absolute atomic E-state index is 12.1. The van der Waals surface area contributed by atoms with Crippen molar-refractivity contribution in [1.82, 2.24) is 23.5 Å². The molecule has 3 aromatic rings. The highest BCUT2D eigenvalue weighted by Crippen LogP contribution is 2.25. The molecule has 0 aliphatic heterocycles. The second-order valence-corrected chi connectivity index (χ2v) is 5.94. The van der Waals surface area contributed by atoms with Gasteiger partial charge in [0.25, 0.3) is 5.56 Å². The van der Waals surface area contributed by atoms with Gasteiger partial charge in [-0.25, -0.2) is 9.59 Å². The summed E-state index contributed by atoms with van der Waals surface area (Å²) in [6.07, 6.45) is 1.66. The number of hydrogen-bond acceptors (Lipinski definition) is 4. The summed E-state index contributed by atoms with van der Waals surface area (Å²) in [6.45, 7) is 5.37. The molecule has 0 aromatic carbocycles. The molecule has 3 heterocycles. The molecule has 0 aliphatic rings. The first-order chi connectivity index (χ1) is 10.7. The molecule has 122 valence electrons. The van der Waals surface area contributed by atoms with E-state index in [1.165, 1.54) is 16.0 Å². The number of carboxylic acid groups (broad SMARTS) is 1. The standard InChI is InChI=1S/C14H17N5O4/c1-6(2)8(12(21)22)19-7(3)5-18-9-10(15-13(18)19)17(4)14(23)16-11(9)20/h5-6,8H,1-4H3,(H,21,22)(H,16,20,23). The molecule has 0 saturated carbocycles. The average Bonchev–Trinajstić information content (AvgIpc) is 2.93. The summed E-state index contributed by atoms with van der Waals surface area (Å²) in [7, 11) is 1.50. The predicted octanol–water partition coefficient (Wildman–Crippen LogP) is 0.266. The number of aromatic nitrogens is 5. The summed E-state index contributed by atoms with van der Waals surface area (Å²) in [5.41, 5.74) is -0.00895. The number of aliphatic carboxylic acids is 1. The van der Waals surface area contributed by atoms with E-state index in [1.54, 1.807) is 31.5 Å². The van der Waals surface area contributed by atoms with E-state index < -0.39 is 23.3 Å². The molecular weight excluding hydrogens is 302 g/mol. The van der Waals surface area contributed by atoms with Crippen LogP contribution in [0, 0.1) is 12.8 Å². The summed E-state index contributed by atoms with van der Waals surface area (Å²) in [5, 5.41) is 9.55. The number of imidazole rings is 2. The van der Waals surface area contributed by atoms with Crippen molar-refractivity contribution in [1.29, 1.82) is 0 Å². The van der Waals surface area contributed by atoms with Crippen molar-refractivity contribution in [3.05, 3.63) is 32.7 Å². The number of nitrogens with zero attached hydrogens (tertiary/aromatic N) is 4. The lowest BCUT2D eigenvalue weighted by atomic mass is 10.0. The van der Waals surface area contributed by atoms with Crippen LogP contribution in [0.25, 0.3) is 16.9 Å². The zero-order valence-electron chi connectivity index (χ0n) is 13.2. The van der Waals surface area contributed by atoms with Gasteiger partial charge in [0.1, 0.15) is 6.04 Å². The molecule has 0 fully saturated rings. The van der Waals surface area contributed by atoms with Crippen molar-refractivity contribution in [2.24, 2.45) is 13.0 Å². The highest BCUT2D eigenvalue weighted by Gasteiger charge is 2.28. The smallest absolute Gasteiger partial charge is 0.329 e. The molecule has 2 N–H and O–H groups in total. The molecule has 1 unspecified atom stereocenters. The number of aromatic amines is 1. The number of aryl methyl sites for hydroxylation is 2. The van der Waals surface area contributed by atoms with Gasteiger partial charge in [0.05, 0.1) is 0 Å². The van der Waals surface area contributed by atoms with Crippen molar-refractivity contribution in [2.45, 2.75) is 26.8 Å². The molecule has 0 radical (unpaired) electrons. The van der Waals surface area contributed by atoms with Crippen molar-refractivity contribution >= 4 is 22.9 Å². The maximum atomic E-state index is 12.1. The van der Waals surface area contributed by atoms with Crippen LogP contribution in [-0.2, 0) is 11.8 Å². The summed E-state index contributed by atoms with van der Waals surface area (Å²) >= 11 is 0. The highest BCUT2D eigenvalue weighted by atomic mass is 16.4. The number of fused-ring (bicyclic) bond motifs is 3. The fourth-order valence-electron chi connectivity index (χ4n) is 2.93. The lowest BCUT2D eigenvalue weighted by molar-refractivity contribution is -0.142. The van der Waals surface area contributed by atoms with Crippen LogP contribution >= 0.6 is 0 Å². The van der Waals surface area contributed by atoms with Crippen LogP contribution < -0.4 is 11.2 Å². The highest BCUT2D eigenvalue weighted by molar-refractivity contribution is 5.78. The van der Waals surface area contributed by atoms with Gasteiger partial charge < -0.3 is 5.11 Å². The number of carboxylic acids is 1. The van der Waals surface area contributed by atoms with Gasteiger partial charge in [-0.05, 0) is 12.8 Å². The number of hydrogen-bond donors (Lipinski definition) is 2. The molecule has 0 spiro atoms. The Kier molecular flexibility index (Phi) is 3.17. The lowest BCUT2D eigenvalue weighted by Gasteiger charge is -2.19. The van der Waals surface area contributed by atoms with Gasteiger partial charge in [0.15, 0.2) is 11.2 Å². The summed E-state index contributed by atoms with van der Waals surface area (Å²) in [6, 6.07) is -0.819. The van der Waals surface area contributed by atoms with Gasteiger partial charge in [-0.2, -0.15) is 4.98 Å². The van der Waals surface area contributed by atoms with Crippen LogP contribution in [0.3, 0.4) is 0 Å². The van der Waals surface area contributed by atoms with Gasteiger partial charge in [-0.15, -0.1) is 0 Å². The Balaban J connectivity index is 2.49. The molecule has 3 aromatic heterocycles. The van der Waals surface area contributed by atoms with Gasteiger partial charge >= 0.3 is 11.7 Å². The lowest BCUT2D eigenvalue weighted by Crippen LogP contribution is -2.28. The van der Waals surface area contributed by atoms with Crippen molar-refractivity contribution in [3.8, 4) is 0 Å². The van der Waals surface area contributed by atoms with E-state index in [1.807, 2.05) is 0 Å². The Bertz CT molecular complexity index is 1050. The van der Waals surface area contributed by atoms with E-state index in [-0.39, 0.29) is 17.1 Å². The van der Waals surface area contributed by atoms with E-state index in [0.717, 1.165) is 0 Å². The molecule has 9 nitrogen and oxygen atoms in total. The Morgan fingerprint density at radius 3 is 2.57 bits per heavy atom. The first-order valence-electron chi connectivity index (χ1n) is 7.15. The van der Waals surface area contributed by atoms with Gasteiger partial charge in [-0.3, -0.25) is 23.3 Å². The minimum Gasteiger partial charge on any atom is -0.480 e. The fourth-order valence-corrected chi connectivity index (χ4v) is 2.93. The molecule has 9 heteroatoms.